The van der Waals surface area contributed by atoms with Gasteiger partial charge in [0.25, 0.3) is 5.91 Å². The summed E-state index contributed by atoms with van der Waals surface area (Å²) in [5, 5.41) is 3.07. The minimum absolute atomic E-state index is 0.0613. The highest BCUT2D eigenvalue weighted by Crippen LogP contribution is 2.30. The summed E-state index contributed by atoms with van der Waals surface area (Å²) in [6.07, 6.45) is 2.96. The molecule has 3 heteroatoms. The summed E-state index contributed by atoms with van der Waals surface area (Å²) in [4.78, 5) is 12.1. The molecule has 1 amide bonds. The van der Waals surface area contributed by atoms with Gasteiger partial charge >= 0.3 is 0 Å². The van der Waals surface area contributed by atoms with Crippen LogP contribution in [0, 0.1) is 0 Å². The molecule has 0 radical (unpaired) electrons. The van der Waals surface area contributed by atoms with Gasteiger partial charge in [0.1, 0.15) is 5.75 Å². The Bertz CT molecular complexity index is 666. The van der Waals surface area contributed by atoms with E-state index in [0.717, 1.165) is 25.0 Å². The van der Waals surface area contributed by atoms with Crippen molar-refractivity contribution in [1.29, 1.82) is 0 Å². The monoisotopic (exact) mass is 295 g/mol. The van der Waals surface area contributed by atoms with Crippen molar-refractivity contribution in [2.24, 2.45) is 0 Å². The van der Waals surface area contributed by atoms with Gasteiger partial charge in [0.15, 0.2) is 6.61 Å². The second kappa shape index (κ2) is 6.65. The quantitative estimate of drug-likeness (QED) is 0.917. The zero-order valence-electron chi connectivity index (χ0n) is 12.8. The first kappa shape index (κ1) is 14.6. The first-order valence-electron chi connectivity index (χ1n) is 7.85. The van der Waals surface area contributed by atoms with Gasteiger partial charge in [-0.25, -0.2) is 0 Å². The van der Waals surface area contributed by atoms with Gasteiger partial charge in [-0.15, -0.1) is 0 Å². The number of carbonyl (C=O) groups excluding carboxylic acids is 1. The molecular formula is C19H21NO2. The molecule has 0 unspecified atom stereocenters. The third-order valence-corrected chi connectivity index (χ3v) is 4.14. The normalized spacial score (nSPS) is 16.1. The summed E-state index contributed by atoms with van der Waals surface area (Å²) in [6, 6.07) is 16.3. The van der Waals surface area contributed by atoms with Crippen LogP contribution in [-0.2, 0) is 17.6 Å². The first-order chi connectivity index (χ1) is 10.8. The van der Waals surface area contributed by atoms with Gasteiger partial charge in [-0.3, -0.25) is 4.79 Å². The molecule has 0 heterocycles. The van der Waals surface area contributed by atoms with E-state index in [2.05, 4.69) is 30.4 Å². The lowest BCUT2D eigenvalue weighted by atomic mass is 10.1. The van der Waals surface area contributed by atoms with Gasteiger partial charge in [0, 0.05) is 0 Å². The van der Waals surface area contributed by atoms with Crippen LogP contribution in [0.25, 0.3) is 0 Å². The molecule has 1 aliphatic carbocycles. The molecule has 0 saturated carbocycles. The smallest absolute Gasteiger partial charge is 0.258 e. The predicted molar refractivity (Wildman–Crippen MR) is 87.0 cm³/mol. The van der Waals surface area contributed by atoms with E-state index in [0.29, 0.717) is 0 Å². The largest absolute Gasteiger partial charge is 0.484 e. The number of benzene rings is 2. The number of rotatable bonds is 5. The Balaban J connectivity index is 1.55. The Labute approximate surface area is 131 Å². The molecule has 0 saturated heterocycles. The highest BCUT2D eigenvalue weighted by Gasteiger charge is 2.23. The standard InChI is InChI=1S/C19H21NO2/c1-2-14-6-5-8-16(12-14)22-13-19(21)20-18-11-10-15-7-3-4-9-17(15)18/h3-9,12,18H,2,10-11,13H2,1H3,(H,20,21)/t18-/m1/s1. The third-order valence-electron chi connectivity index (χ3n) is 4.14. The molecule has 0 aliphatic heterocycles. The topological polar surface area (TPSA) is 38.3 Å². The van der Waals surface area contributed by atoms with E-state index in [-0.39, 0.29) is 18.6 Å². The van der Waals surface area contributed by atoms with Gasteiger partial charge in [0.2, 0.25) is 0 Å². The van der Waals surface area contributed by atoms with Crippen molar-refractivity contribution in [2.45, 2.75) is 32.2 Å². The number of carbonyl (C=O) groups is 1. The van der Waals surface area contributed by atoms with E-state index >= 15 is 0 Å². The molecule has 0 bridgehead atoms. The lowest BCUT2D eigenvalue weighted by Gasteiger charge is -2.14. The molecule has 1 aliphatic rings. The molecule has 1 atom stereocenters. The van der Waals surface area contributed by atoms with Gasteiger partial charge in [-0.05, 0) is 48.1 Å². The predicted octanol–water partition coefficient (Wildman–Crippen LogP) is 3.43. The maximum Gasteiger partial charge on any atom is 0.258 e. The van der Waals surface area contributed by atoms with Crippen LogP contribution in [-0.4, -0.2) is 12.5 Å². The SMILES string of the molecule is CCc1cccc(OCC(=O)N[C@@H]2CCc3ccccc32)c1. The lowest BCUT2D eigenvalue weighted by molar-refractivity contribution is -0.123. The molecule has 22 heavy (non-hydrogen) atoms. The molecular weight excluding hydrogens is 274 g/mol. The van der Waals surface area contributed by atoms with E-state index in [1.165, 1.54) is 16.7 Å². The van der Waals surface area contributed by atoms with Crippen molar-refractivity contribution < 1.29 is 9.53 Å². The Kier molecular flexibility index (Phi) is 4.42. The van der Waals surface area contributed by atoms with Crippen LogP contribution in [0.3, 0.4) is 0 Å². The van der Waals surface area contributed by atoms with E-state index in [9.17, 15) is 4.79 Å². The van der Waals surface area contributed by atoms with Crippen molar-refractivity contribution in [1.82, 2.24) is 5.32 Å². The number of fused-ring (bicyclic) bond motifs is 1. The molecule has 2 aromatic carbocycles. The maximum atomic E-state index is 12.1. The number of ether oxygens (including phenoxy) is 1. The highest BCUT2D eigenvalue weighted by atomic mass is 16.5. The Morgan fingerprint density at radius 1 is 1.23 bits per heavy atom. The molecule has 0 fully saturated rings. The summed E-state index contributed by atoms with van der Waals surface area (Å²) in [5.74, 6) is 0.685. The van der Waals surface area contributed by atoms with Crippen LogP contribution >= 0.6 is 0 Å². The summed E-state index contributed by atoms with van der Waals surface area (Å²) >= 11 is 0. The Hall–Kier alpha value is -2.29. The Morgan fingerprint density at radius 3 is 2.95 bits per heavy atom. The van der Waals surface area contributed by atoms with Gasteiger partial charge in [-0.2, -0.15) is 0 Å². The van der Waals surface area contributed by atoms with Crippen molar-refractivity contribution in [3.63, 3.8) is 0 Å². The number of hydrogen-bond acceptors (Lipinski definition) is 2. The Morgan fingerprint density at radius 2 is 2.09 bits per heavy atom. The van der Waals surface area contributed by atoms with E-state index in [1.807, 2.05) is 30.3 Å². The van der Waals surface area contributed by atoms with Crippen LogP contribution in [0.5, 0.6) is 5.75 Å². The summed E-state index contributed by atoms with van der Waals surface area (Å²) in [6.45, 7) is 2.16. The second-order valence-corrected chi connectivity index (χ2v) is 5.65. The van der Waals surface area contributed by atoms with Crippen LogP contribution < -0.4 is 10.1 Å². The van der Waals surface area contributed by atoms with Gasteiger partial charge < -0.3 is 10.1 Å². The van der Waals surface area contributed by atoms with E-state index < -0.39 is 0 Å². The van der Waals surface area contributed by atoms with Crippen LogP contribution in [0.2, 0.25) is 0 Å². The molecule has 0 spiro atoms. The fraction of sp³-hybridized carbons (Fsp3) is 0.316. The van der Waals surface area contributed by atoms with Crippen molar-refractivity contribution in [3.05, 3.63) is 65.2 Å². The van der Waals surface area contributed by atoms with Crippen LogP contribution in [0.4, 0.5) is 0 Å². The zero-order chi connectivity index (χ0) is 15.4. The minimum atomic E-state index is -0.0661. The van der Waals surface area contributed by atoms with E-state index in [4.69, 9.17) is 4.74 Å². The van der Waals surface area contributed by atoms with Crippen LogP contribution in [0.1, 0.15) is 36.1 Å². The summed E-state index contributed by atoms with van der Waals surface area (Å²) in [5.41, 5.74) is 3.79. The number of amides is 1. The van der Waals surface area contributed by atoms with Gasteiger partial charge in [-0.1, -0.05) is 43.3 Å². The van der Waals surface area contributed by atoms with Crippen molar-refractivity contribution in [3.8, 4) is 5.75 Å². The molecule has 1 N–H and O–H groups in total. The third kappa shape index (κ3) is 3.30. The molecule has 3 nitrogen and oxygen atoms in total. The maximum absolute atomic E-state index is 12.1. The average Bonchev–Trinajstić information content (AvgIpc) is 2.96. The number of aryl methyl sites for hydroxylation is 2. The van der Waals surface area contributed by atoms with Crippen molar-refractivity contribution >= 4 is 5.91 Å². The first-order valence-corrected chi connectivity index (χ1v) is 7.85. The van der Waals surface area contributed by atoms with Crippen LogP contribution in [0.15, 0.2) is 48.5 Å². The van der Waals surface area contributed by atoms with Crippen molar-refractivity contribution in [2.75, 3.05) is 6.61 Å². The molecule has 114 valence electrons. The lowest BCUT2D eigenvalue weighted by Crippen LogP contribution is -2.31. The highest BCUT2D eigenvalue weighted by molar-refractivity contribution is 5.78. The molecule has 0 aromatic heterocycles. The molecule has 3 rings (SSSR count). The summed E-state index contributed by atoms with van der Waals surface area (Å²) < 4.78 is 5.60. The zero-order valence-corrected chi connectivity index (χ0v) is 12.8. The average molecular weight is 295 g/mol. The van der Waals surface area contributed by atoms with E-state index in [1.54, 1.807) is 0 Å². The minimum Gasteiger partial charge on any atom is -0.484 e. The fourth-order valence-electron chi connectivity index (χ4n) is 2.95. The fourth-order valence-corrected chi connectivity index (χ4v) is 2.95. The summed E-state index contributed by atoms with van der Waals surface area (Å²) in [7, 11) is 0. The molecule has 2 aromatic rings. The number of hydrogen-bond donors (Lipinski definition) is 1. The van der Waals surface area contributed by atoms with Gasteiger partial charge in [0.05, 0.1) is 6.04 Å². The number of nitrogens with one attached hydrogen (secondary N) is 1. The second-order valence-electron chi connectivity index (χ2n) is 5.65.